The van der Waals surface area contributed by atoms with E-state index in [-0.39, 0.29) is 17.0 Å². The lowest BCUT2D eigenvalue weighted by Gasteiger charge is -2.27. The highest BCUT2D eigenvalue weighted by molar-refractivity contribution is 5.64. The summed E-state index contributed by atoms with van der Waals surface area (Å²) in [6, 6.07) is 9.14. The van der Waals surface area contributed by atoms with Crippen LogP contribution in [0, 0.1) is 29.2 Å². The number of benzene rings is 3. The van der Waals surface area contributed by atoms with E-state index < -0.39 is 40.7 Å². The monoisotopic (exact) mass is 464 g/mol. The maximum Gasteiger partial charge on any atom is 0.426 e. The van der Waals surface area contributed by atoms with E-state index in [1.807, 2.05) is 0 Å². The summed E-state index contributed by atoms with van der Waals surface area (Å²) >= 11 is 0. The zero-order chi connectivity index (χ0) is 23.8. The molecule has 0 amide bonds. The van der Waals surface area contributed by atoms with Crippen LogP contribution in [-0.4, -0.2) is 0 Å². The zero-order valence-electron chi connectivity index (χ0n) is 17.9. The Kier molecular flexibility index (Phi) is 6.41. The van der Waals surface area contributed by atoms with Gasteiger partial charge in [-0.3, -0.25) is 0 Å². The summed E-state index contributed by atoms with van der Waals surface area (Å²) in [5, 5.41) is 0. The molecular weight excluding hydrogens is 442 g/mol. The molecule has 0 aromatic heterocycles. The van der Waals surface area contributed by atoms with Gasteiger partial charge in [0.1, 0.15) is 5.82 Å². The molecule has 0 spiro atoms. The molecule has 33 heavy (non-hydrogen) atoms. The second-order valence-corrected chi connectivity index (χ2v) is 8.59. The number of ether oxygens (including phenoxy) is 1. The van der Waals surface area contributed by atoms with Crippen molar-refractivity contribution in [3.05, 3.63) is 89.0 Å². The fourth-order valence-electron chi connectivity index (χ4n) is 4.24. The first-order valence-corrected chi connectivity index (χ1v) is 10.8. The molecule has 7 heteroatoms. The largest absolute Gasteiger partial charge is 0.426 e. The van der Waals surface area contributed by atoms with Gasteiger partial charge in [0.2, 0.25) is 0 Å². The van der Waals surface area contributed by atoms with Gasteiger partial charge in [0.05, 0.1) is 5.56 Å². The van der Waals surface area contributed by atoms with Crippen LogP contribution in [0.25, 0.3) is 11.1 Å². The van der Waals surface area contributed by atoms with Gasteiger partial charge in [-0.2, -0.15) is 8.78 Å². The van der Waals surface area contributed by atoms with Crippen LogP contribution in [0.4, 0.5) is 26.3 Å². The van der Waals surface area contributed by atoms with Crippen molar-refractivity contribution in [1.29, 1.82) is 0 Å². The van der Waals surface area contributed by atoms with Gasteiger partial charge < -0.3 is 4.74 Å². The highest BCUT2D eigenvalue weighted by atomic mass is 19.3. The van der Waals surface area contributed by atoms with Gasteiger partial charge >= 0.3 is 6.11 Å². The average Bonchev–Trinajstić information content (AvgIpc) is 2.77. The molecule has 0 saturated heterocycles. The Labute approximate surface area is 188 Å². The van der Waals surface area contributed by atoms with Crippen LogP contribution in [-0.2, 0) is 6.11 Å². The fraction of sp³-hybridized carbons (Fsp3) is 0.308. The first-order valence-electron chi connectivity index (χ1n) is 10.8. The van der Waals surface area contributed by atoms with Crippen LogP contribution < -0.4 is 4.74 Å². The Morgan fingerprint density at radius 2 is 1.45 bits per heavy atom. The summed E-state index contributed by atoms with van der Waals surface area (Å²) in [4.78, 5) is 0. The number of rotatable bonds is 5. The van der Waals surface area contributed by atoms with Gasteiger partial charge in [0, 0.05) is 5.56 Å². The summed E-state index contributed by atoms with van der Waals surface area (Å²) in [6.07, 6.45) is -0.111. The van der Waals surface area contributed by atoms with Crippen LogP contribution in [0.1, 0.15) is 49.7 Å². The Hall–Kier alpha value is -2.96. The average molecular weight is 464 g/mol. The molecule has 3 aromatic rings. The molecule has 4 rings (SSSR count). The van der Waals surface area contributed by atoms with E-state index in [1.54, 1.807) is 6.07 Å². The maximum atomic E-state index is 14.7. The van der Waals surface area contributed by atoms with Crippen LogP contribution in [0.15, 0.2) is 54.6 Å². The van der Waals surface area contributed by atoms with E-state index in [0.717, 1.165) is 61.6 Å². The normalized spacial score (nSPS) is 18.9. The molecule has 0 bridgehead atoms. The highest BCUT2D eigenvalue weighted by Crippen LogP contribution is 2.39. The molecule has 3 aromatic carbocycles. The second-order valence-electron chi connectivity index (χ2n) is 8.59. The maximum absolute atomic E-state index is 14.7. The Balaban J connectivity index is 1.53. The summed E-state index contributed by atoms with van der Waals surface area (Å²) < 4.78 is 89.6. The van der Waals surface area contributed by atoms with E-state index >= 15 is 0 Å². The first kappa shape index (κ1) is 23.2. The van der Waals surface area contributed by atoms with Crippen LogP contribution in [0.2, 0.25) is 0 Å². The van der Waals surface area contributed by atoms with Gasteiger partial charge in [0.15, 0.2) is 23.2 Å². The number of hydrogen-bond donors (Lipinski definition) is 0. The second kappa shape index (κ2) is 9.12. The fourth-order valence-corrected chi connectivity index (χ4v) is 4.24. The van der Waals surface area contributed by atoms with Crippen molar-refractivity contribution in [1.82, 2.24) is 0 Å². The van der Waals surface area contributed by atoms with E-state index in [2.05, 4.69) is 11.7 Å². The number of halogens is 6. The molecule has 0 heterocycles. The minimum atomic E-state index is -4.02. The van der Waals surface area contributed by atoms with Crippen LogP contribution in [0.5, 0.6) is 5.75 Å². The van der Waals surface area contributed by atoms with Gasteiger partial charge in [-0.25, -0.2) is 17.6 Å². The number of hydrogen-bond acceptors (Lipinski definition) is 1. The smallest absolute Gasteiger partial charge is 0.426 e. The van der Waals surface area contributed by atoms with E-state index in [9.17, 15) is 26.3 Å². The lowest BCUT2D eigenvalue weighted by Crippen LogP contribution is -2.23. The predicted molar refractivity (Wildman–Crippen MR) is 113 cm³/mol. The third-order valence-corrected chi connectivity index (χ3v) is 6.22. The molecule has 1 saturated carbocycles. The van der Waals surface area contributed by atoms with E-state index in [4.69, 9.17) is 0 Å². The number of alkyl halides is 2. The zero-order valence-corrected chi connectivity index (χ0v) is 17.9. The minimum absolute atomic E-state index is 0.0130. The molecule has 1 aliphatic carbocycles. The Morgan fingerprint density at radius 1 is 0.727 bits per heavy atom. The first-order chi connectivity index (χ1) is 15.6. The molecule has 1 aliphatic rings. The van der Waals surface area contributed by atoms with Crippen molar-refractivity contribution in [3.8, 4) is 16.9 Å². The summed E-state index contributed by atoms with van der Waals surface area (Å²) in [5.41, 5.74) is -0.292. The summed E-state index contributed by atoms with van der Waals surface area (Å²) in [5.74, 6) is -4.12. The lowest BCUT2D eigenvalue weighted by molar-refractivity contribution is -0.187. The highest BCUT2D eigenvalue weighted by Gasteiger charge is 2.36. The van der Waals surface area contributed by atoms with Gasteiger partial charge in [-0.1, -0.05) is 38.0 Å². The third-order valence-electron chi connectivity index (χ3n) is 6.22. The molecule has 1 fully saturated rings. The molecule has 0 N–H and O–H groups in total. The Morgan fingerprint density at radius 3 is 2.09 bits per heavy atom. The van der Waals surface area contributed by atoms with Crippen molar-refractivity contribution in [2.45, 2.75) is 44.6 Å². The topological polar surface area (TPSA) is 9.23 Å². The van der Waals surface area contributed by atoms with Crippen molar-refractivity contribution in [3.63, 3.8) is 0 Å². The van der Waals surface area contributed by atoms with Crippen molar-refractivity contribution >= 4 is 0 Å². The van der Waals surface area contributed by atoms with Gasteiger partial charge in [-0.05, 0) is 72.2 Å². The molecule has 174 valence electrons. The predicted octanol–water partition coefficient (Wildman–Crippen LogP) is 8.33. The summed E-state index contributed by atoms with van der Waals surface area (Å²) in [6.45, 7) is 2.17. The third kappa shape index (κ3) is 5.02. The Bertz CT molecular complexity index is 1150. The van der Waals surface area contributed by atoms with Gasteiger partial charge in [-0.15, -0.1) is 0 Å². The standard InChI is InChI=1S/C26H22F6O/c1-15-2-4-16(5-3-15)17-7-11-25(24(30)12-17)33-26(31,32)19-8-9-20(22(28)14-19)18-6-10-21(27)23(29)13-18/h6-16H,2-5H2,1H3. The lowest BCUT2D eigenvalue weighted by atomic mass is 9.79. The molecule has 0 atom stereocenters. The van der Waals surface area contributed by atoms with Gasteiger partial charge in [0.25, 0.3) is 0 Å². The minimum Gasteiger partial charge on any atom is -0.426 e. The van der Waals surface area contributed by atoms with Crippen LogP contribution >= 0.6 is 0 Å². The summed E-state index contributed by atoms with van der Waals surface area (Å²) in [7, 11) is 0. The molecule has 0 radical (unpaired) electrons. The van der Waals surface area contributed by atoms with E-state index in [0.29, 0.717) is 12.0 Å². The van der Waals surface area contributed by atoms with Crippen LogP contribution in [0.3, 0.4) is 0 Å². The van der Waals surface area contributed by atoms with Crippen molar-refractivity contribution in [2.24, 2.45) is 5.92 Å². The quantitative estimate of drug-likeness (QED) is 0.345. The van der Waals surface area contributed by atoms with Crippen molar-refractivity contribution in [2.75, 3.05) is 0 Å². The molecular formula is C26H22F6O. The molecule has 0 aliphatic heterocycles. The van der Waals surface area contributed by atoms with Crippen molar-refractivity contribution < 1.29 is 31.1 Å². The molecule has 0 unspecified atom stereocenters. The molecule has 1 nitrogen and oxygen atoms in total. The van der Waals surface area contributed by atoms with E-state index in [1.165, 1.54) is 12.1 Å². The SMILES string of the molecule is CC1CCC(c2ccc(OC(F)(F)c3ccc(-c4ccc(F)c(F)c4)c(F)c3)c(F)c2)CC1.